The van der Waals surface area contributed by atoms with Crippen LogP contribution in [-0.2, 0) is 0 Å². The summed E-state index contributed by atoms with van der Waals surface area (Å²) >= 11 is 1.72. The van der Waals surface area contributed by atoms with Gasteiger partial charge in [-0.3, -0.25) is 0 Å². The van der Waals surface area contributed by atoms with Crippen molar-refractivity contribution in [1.29, 1.82) is 0 Å². The third-order valence-corrected chi connectivity index (χ3v) is 3.33. The number of rotatable bonds is 5. The summed E-state index contributed by atoms with van der Waals surface area (Å²) < 4.78 is 0. The van der Waals surface area contributed by atoms with Gasteiger partial charge in [0.1, 0.15) is 5.01 Å². The predicted octanol–water partition coefficient (Wildman–Crippen LogP) is 3.62. The largest absolute Gasteiger partial charge is 0.308 e. The van der Waals surface area contributed by atoms with Crippen LogP contribution in [0.5, 0.6) is 0 Å². The van der Waals surface area contributed by atoms with E-state index in [-0.39, 0.29) is 0 Å². The molecule has 0 aliphatic heterocycles. The molecule has 0 spiro atoms. The molecule has 86 valence electrons. The van der Waals surface area contributed by atoms with E-state index in [2.05, 4.69) is 38.0 Å². The average molecular weight is 226 g/mol. The Balaban J connectivity index is 2.16. The van der Waals surface area contributed by atoms with Gasteiger partial charge in [-0.15, -0.1) is 11.3 Å². The van der Waals surface area contributed by atoms with E-state index >= 15 is 0 Å². The second-order valence-corrected chi connectivity index (χ2v) is 6.14. The number of nitrogens with zero attached hydrogens (tertiary/aromatic N) is 1. The number of hydrogen-bond acceptors (Lipinski definition) is 3. The number of thiazole rings is 1. The van der Waals surface area contributed by atoms with Crippen molar-refractivity contribution < 1.29 is 0 Å². The quantitative estimate of drug-likeness (QED) is 0.776. The molecule has 1 atom stereocenters. The highest BCUT2D eigenvalue weighted by molar-refractivity contribution is 7.09. The second-order valence-electron chi connectivity index (χ2n) is 5.21. The zero-order valence-electron chi connectivity index (χ0n) is 10.2. The van der Waals surface area contributed by atoms with Crippen molar-refractivity contribution in [3.05, 3.63) is 16.6 Å². The molecule has 2 nitrogen and oxygen atoms in total. The summed E-state index contributed by atoms with van der Waals surface area (Å²) in [6.45, 7) is 10.1. The summed E-state index contributed by atoms with van der Waals surface area (Å²) in [7, 11) is 0. The van der Waals surface area contributed by atoms with Crippen LogP contribution in [0.2, 0.25) is 0 Å². The summed E-state index contributed by atoms with van der Waals surface area (Å²) in [6.07, 6.45) is 4.37. The van der Waals surface area contributed by atoms with E-state index in [9.17, 15) is 0 Å². The molecule has 0 fully saturated rings. The minimum atomic E-state index is 0.393. The van der Waals surface area contributed by atoms with Gasteiger partial charge in [0.25, 0.3) is 0 Å². The molecule has 0 saturated heterocycles. The van der Waals surface area contributed by atoms with Crippen molar-refractivity contribution >= 4 is 11.3 Å². The lowest BCUT2D eigenvalue weighted by atomic mass is 9.91. The number of hydrogen-bond donors (Lipinski definition) is 1. The lowest BCUT2D eigenvalue weighted by molar-refractivity contribution is 0.357. The van der Waals surface area contributed by atoms with Gasteiger partial charge in [0.2, 0.25) is 0 Å². The standard InChI is InChI=1S/C12H22N2S/c1-10(11-14-8-9-15-11)13-7-5-6-12(2,3)4/h8-10,13H,5-7H2,1-4H3. The third-order valence-electron chi connectivity index (χ3n) is 2.38. The lowest BCUT2D eigenvalue weighted by Gasteiger charge is -2.18. The smallest absolute Gasteiger partial charge is 0.109 e. The van der Waals surface area contributed by atoms with Crippen molar-refractivity contribution in [2.45, 2.75) is 46.6 Å². The molecular weight excluding hydrogens is 204 g/mol. The SMILES string of the molecule is CC(NCCCC(C)(C)C)c1nccs1. The van der Waals surface area contributed by atoms with E-state index in [1.165, 1.54) is 17.8 Å². The van der Waals surface area contributed by atoms with Gasteiger partial charge in [0.15, 0.2) is 0 Å². The fourth-order valence-corrected chi connectivity index (χ4v) is 2.14. The van der Waals surface area contributed by atoms with Gasteiger partial charge in [-0.2, -0.15) is 0 Å². The molecule has 1 aromatic rings. The van der Waals surface area contributed by atoms with Crippen molar-refractivity contribution in [2.75, 3.05) is 6.54 Å². The van der Waals surface area contributed by atoms with Crippen molar-refractivity contribution in [3.63, 3.8) is 0 Å². The van der Waals surface area contributed by atoms with E-state index in [4.69, 9.17) is 0 Å². The molecule has 0 radical (unpaired) electrons. The zero-order valence-corrected chi connectivity index (χ0v) is 11.0. The summed E-state index contributed by atoms with van der Waals surface area (Å²) in [5.74, 6) is 0. The van der Waals surface area contributed by atoms with Gasteiger partial charge < -0.3 is 5.32 Å². The Kier molecular flexibility index (Phi) is 4.74. The van der Waals surface area contributed by atoms with Crippen LogP contribution in [0.4, 0.5) is 0 Å². The van der Waals surface area contributed by atoms with Crippen LogP contribution in [0, 0.1) is 5.41 Å². The average Bonchev–Trinajstić information content (AvgIpc) is 2.63. The first-order valence-corrected chi connectivity index (χ1v) is 6.50. The monoisotopic (exact) mass is 226 g/mol. The molecule has 0 saturated carbocycles. The molecule has 0 aliphatic rings. The molecule has 1 rings (SSSR count). The molecule has 0 amide bonds. The third kappa shape index (κ3) is 5.28. The van der Waals surface area contributed by atoms with E-state index < -0.39 is 0 Å². The van der Waals surface area contributed by atoms with Gasteiger partial charge in [-0.25, -0.2) is 4.98 Å². The zero-order chi connectivity index (χ0) is 11.3. The lowest BCUT2D eigenvalue weighted by Crippen LogP contribution is -2.21. The van der Waals surface area contributed by atoms with E-state index in [0.29, 0.717) is 11.5 Å². The molecule has 0 bridgehead atoms. The number of aromatic nitrogens is 1. The van der Waals surface area contributed by atoms with E-state index in [0.717, 1.165) is 6.54 Å². The summed E-state index contributed by atoms with van der Waals surface area (Å²) in [6, 6.07) is 0.393. The molecule has 15 heavy (non-hydrogen) atoms. The molecule has 0 aromatic carbocycles. The van der Waals surface area contributed by atoms with Crippen LogP contribution in [0.25, 0.3) is 0 Å². The normalized spacial score (nSPS) is 14.1. The van der Waals surface area contributed by atoms with Gasteiger partial charge in [-0.05, 0) is 31.7 Å². The van der Waals surface area contributed by atoms with Crippen LogP contribution in [0.1, 0.15) is 51.6 Å². The van der Waals surface area contributed by atoms with Crippen molar-refractivity contribution in [2.24, 2.45) is 5.41 Å². The first kappa shape index (κ1) is 12.7. The second kappa shape index (κ2) is 5.61. The fourth-order valence-electron chi connectivity index (χ4n) is 1.47. The maximum Gasteiger partial charge on any atom is 0.109 e. The molecule has 1 aromatic heterocycles. The highest BCUT2D eigenvalue weighted by atomic mass is 32.1. The summed E-state index contributed by atoms with van der Waals surface area (Å²) in [4.78, 5) is 4.30. The highest BCUT2D eigenvalue weighted by Crippen LogP contribution is 2.20. The number of nitrogens with one attached hydrogen (secondary N) is 1. The minimum absolute atomic E-state index is 0.393. The molecule has 0 aliphatic carbocycles. The Hall–Kier alpha value is -0.410. The van der Waals surface area contributed by atoms with Crippen molar-refractivity contribution in [3.8, 4) is 0 Å². The van der Waals surface area contributed by atoms with Gasteiger partial charge in [0, 0.05) is 11.6 Å². The Labute approximate surface area is 97.1 Å². The van der Waals surface area contributed by atoms with Gasteiger partial charge in [0.05, 0.1) is 6.04 Å². The van der Waals surface area contributed by atoms with E-state index in [1.807, 2.05) is 11.6 Å². The van der Waals surface area contributed by atoms with Crippen LogP contribution >= 0.6 is 11.3 Å². The maximum atomic E-state index is 4.30. The highest BCUT2D eigenvalue weighted by Gasteiger charge is 2.10. The Morgan fingerprint density at radius 2 is 2.20 bits per heavy atom. The molecule has 3 heteroatoms. The predicted molar refractivity (Wildman–Crippen MR) is 67.2 cm³/mol. The van der Waals surface area contributed by atoms with Crippen LogP contribution < -0.4 is 5.32 Å². The van der Waals surface area contributed by atoms with Crippen LogP contribution in [0.15, 0.2) is 11.6 Å². The van der Waals surface area contributed by atoms with Gasteiger partial charge in [-0.1, -0.05) is 20.8 Å². The Morgan fingerprint density at radius 3 is 2.73 bits per heavy atom. The topological polar surface area (TPSA) is 24.9 Å². The fraction of sp³-hybridized carbons (Fsp3) is 0.750. The van der Waals surface area contributed by atoms with Crippen molar-refractivity contribution in [1.82, 2.24) is 10.3 Å². The van der Waals surface area contributed by atoms with Gasteiger partial charge >= 0.3 is 0 Å². The molecule has 1 heterocycles. The maximum absolute atomic E-state index is 4.30. The Bertz CT molecular complexity index is 262. The van der Waals surface area contributed by atoms with E-state index in [1.54, 1.807) is 11.3 Å². The minimum Gasteiger partial charge on any atom is -0.308 e. The summed E-state index contributed by atoms with van der Waals surface area (Å²) in [5.41, 5.74) is 0.450. The Morgan fingerprint density at radius 1 is 1.47 bits per heavy atom. The molecule has 1 unspecified atom stereocenters. The summed E-state index contributed by atoms with van der Waals surface area (Å²) in [5, 5.41) is 6.72. The molecule has 1 N–H and O–H groups in total. The van der Waals surface area contributed by atoms with Crippen LogP contribution in [0.3, 0.4) is 0 Å². The molecular formula is C12H22N2S. The first-order chi connectivity index (χ1) is 6.99. The first-order valence-electron chi connectivity index (χ1n) is 5.62. The van der Waals surface area contributed by atoms with Crippen LogP contribution in [-0.4, -0.2) is 11.5 Å².